The van der Waals surface area contributed by atoms with Gasteiger partial charge in [0.1, 0.15) is 0 Å². The summed E-state index contributed by atoms with van der Waals surface area (Å²) in [4.78, 5) is 13.7. The number of primary amides is 1. The first-order valence-corrected chi connectivity index (χ1v) is 7.38. The molecule has 1 heterocycles. The zero-order valence-corrected chi connectivity index (χ0v) is 12.0. The number of nitrogens with two attached hydrogens (primary N) is 1. The lowest BCUT2D eigenvalue weighted by Crippen LogP contribution is -2.20. The van der Waals surface area contributed by atoms with Gasteiger partial charge in [0, 0.05) is 18.7 Å². The van der Waals surface area contributed by atoms with E-state index in [2.05, 4.69) is 41.3 Å². The van der Waals surface area contributed by atoms with E-state index in [0.29, 0.717) is 11.5 Å². The van der Waals surface area contributed by atoms with Gasteiger partial charge in [-0.05, 0) is 42.1 Å². The highest BCUT2D eigenvalue weighted by Crippen LogP contribution is 2.27. The number of carbonyl (C=O) groups is 1. The van der Waals surface area contributed by atoms with Gasteiger partial charge in [-0.3, -0.25) is 9.69 Å². The molecule has 3 rings (SSSR count). The second kappa shape index (κ2) is 6.10. The molecule has 21 heavy (non-hydrogen) atoms. The molecule has 2 aromatic carbocycles. The van der Waals surface area contributed by atoms with Gasteiger partial charge in [-0.15, -0.1) is 0 Å². The van der Waals surface area contributed by atoms with E-state index < -0.39 is 0 Å². The van der Waals surface area contributed by atoms with Gasteiger partial charge in [-0.2, -0.15) is 0 Å². The first-order chi connectivity index (χ1) is 10.2. The monoisotopic (exact) mass is 280 g/mol. The van der Waals surface area contributed by atoms with E-state index in [4.69, 9.17) is 5.73 Å². The number of hydrogen-bond acceptors (Lipinski definition) is 2. The smallest absolute Gasteiger partial charge is 0.248 e. The Kier molecular flexibility index (Phi) is 4.02. The molecule has 0 spiro atoms. The number of benzene rings is 2. The van der Waals surface area contributed by atoms with Crippen LogP contribution in [0.1, 0.15) is 33.8 Å². The van der Waals surface area contributed by atoms with Crippen molar-refractivity contribution in [3.05, 3.63) is 71.3 Å². The SMILES string of the molecule is NC(=O)c1cccc(CN2CCC(c3ccccc3)C2)c1. The molecular formula is C18H20N2O. The maximum absolute atomic E-state index is 11.2. The molecule has 0 bridgehead atoms. The molecule has 0 aromatic heterocycles. The van der Waals surface area contributed by atoms with E-state index in [1.54, 1.807) is 6.07 Å². The Labute approximate surface area is 125 Å². The van der Waals surface area contributed by atoms with Crippen molar-refractivity contribution in [1.29, 1.82) is 0 Å². The van der Waals surface area contributed by atoms with Crippen LogP contribution in [0.5, 0.6) is 0 Å². The summed E-state index contributed by atoms with van der Waals surface area (Å²) in [6.45, 7) is 3.05. The molecule has 0 saturated carbocycles. The van der Waals surface area contributed by atoms with Gasteiger partial charge in [-0.25, -0.2) is 0 Å². The first-order valence-electron chi connectivity index (χ1n) is 7.38. The Morgan fingerprint density at radius 1 is 1.14 bits per heavy atom. The van der Waals surface area contributed by atoms with Crippen LogP contribution in [0, 0.1) is 0 Å². The van der Waals surface area contributed by atoms with Crippen molar-refractivity contribution in [2.24, 2.45) is 5.73 Å². The molecule has 1 amide bonds. The molecule has 1 aliphatic rings. The zero-order valence-electron chi connectivity index (χ0n) is 12.0. The van der Waals surface area contributed by atoms with Crippen molar-refractivity contribution in [1.82, 2.24) is 4.90 Å². The second-order valence-electron chi connectivity index (χ2n) is 5.70. The average molecular weight is 280 g/mol. The van der Waals surface area contributed by atoms with Crippen molar-refractivity contribution in [2.75, 3.05) is 13.1 Å². The van der Waals surface area contributed by atoms with Crippen LogP contribution in [0.3, 0.4) is 0 Å². The number of carbonyl (C=O) groups excluding carboxylic acids is 1. The lowest BCUT2D eigenvalue weighted by atomic mass is 9.99. The van der Waals surface area contributed by atoms with Gasteiger partial charge in [0.05, 0.1) is 0 Å². The number of nitrogens with zero attached hydrogens (tertiary/aromatic N) is 1. The van der Waals surface area contributed by atoms with Crippen molar-refractivity contribution in [3.63, 3.8) is 0 Å². The van der Waals surface area contributed by atoms with Crippen LogP contribution in [0.4, 0.5) is 0 Å². The van der Waals surface area contributed by atoms with Crippen molar-refractivity contribution < 1.29 is 4.79 Å². The van der Waals surface area contributed by atoms with Crippen LogP contribution in [0.15, 0.2) is 54.6 Å². The number of rotatable bonds is 4. The fourth-order valence-corrected chi connectivity index (χ4v) is 3.05. The van der Waals surface area contributed by atoms with E-state index in [0.717, 1.165) is 25.2 Å². The minimum Gasteiger partial charge on any atom is -0.366 e. The maximum Gasteiger partial charge on any atom is 0.248 e. The minimum atomic E-state index is -0.361. The molecule has 1 saturated heterocycles. The Morgan fingerprint density at radius 3 is 2.71 bits per heavy atom. The Balaban J connectivity index is 1.65. The highest BCUT2D eigenvalue weighted by atomic mass is 16.1. The topological polar surface area (TPSA) is 46.3 Å². The van der Waals surface area contributed by atoms with E-state index in [9.17, 15) is 4.79 Å². The molecule has 1 atom stereocenters. The van der Waals surface area contributed by atoms with Gasteiger partial charge in [0.25, 0.3) is 0 Å². The summed E-state index contributed by atoms with van der Waals surface area (Å²) in [6, 6.07) is 18.3. The predicted molar refractivity (Wildman–Crippen MR) is 84.0 cm³/mol. The van der Waals surface area contributed by atoms with Gasteiger partial charge < -0.3 is 5.73 Å². The van der Waals surface area contributed by atoms with E-state index in [-0.39, 0.29) is 5.91 Å². The Bertz CT molecular complexity index is 624. The summed E-state index contributed by atoms with van der Waals surface area (Å²) in [5.74, 6) is 0.256. The summed E-state index contributed by atoms with van der Waals surface area (Å²) < 4.78 is 0. The van der Waals surface area contributed by atoms with Crippen molar-refractivity contribution in [3.8, 4) is 0 Å². The highest BCUT2D eigenvalue weighted by Gasteiger charge is 2.23. The van der Waals surface area contributed by atoms with Crippen LogP contribution >= 0.6 is 0 Å². The van der Waals surface area contributed by atoms with E-state index in [1.165, 1.54) is 12.0 Å². The third-order valence-electron chi connectivity index (χ3n) is 4.16. The van der Waals surface area contributed by atoms with Crippen LogP contribution in [0.25, 0.3) is 0 Å². The highest BCUT2D eigenvalue weighted by molar-refractivity contribution is 5.92. The first kappa shape index (κ1) is 13.8. The van der Waals surface area contributed by atoms with Crippen LogP contribution in [-0.4, -0.2) is 23.9 Å². The Hall–Kier alpha value is -2.13. The fourth-order valence-electron chi connectivity index (χ4n) is 3.05. The quantitative estimate of drug-likeness (QED) is 0.936. The summed E-state index contributed by atoms with van der Waals surface area (Å²) in [7, 11) is 0. The zero-order chi connectivity index (χ0) is 14.7. The molecular weight excluding hydrogens is 260 g/mol. The lowest BCUT2D eigenvalue weighted by molar-refractivity contribution is 0.1000. The van der Waals surface area contributed by atoms with Gasteiger partial charge in [0.15, 0.2) is 0 Å². The van der Waals surface area contributed by atoms with E-state index in [1.807, 2.05) is 12.1 Å². The molecule has 108 valence electrons. The van der Waals surface area contributed by atoms with Crippen molar-refractivity contribution in [2.45, 2.75) is 18.9 Å². The second-order valence-corrected chi connectivity index (χ2v) is 5.70. The summed E-state index contributed by atoms with van der Waals surface area (Å²) in [6.07, 6.45) is 1.19. The molecule has 1 fully saturated rings. The normalized spacial score (nSPS) is 18.8. The van der Waals surface area contributed by atoms with Crippen molar-refractivity contribution >= 4 is 5.91 Å². The number of likely N-dealkylation sites (tertiary alicyclic amines) is 1. The van der Waals surface area contributed by atoms with Crippen LogP contribution < -0.4 is 5.73 Å². The van der Waals surface area contributed by atoms with Crippen LogP contribution in [0.2, 0.25) is 0 Å². The molecule has 2 aromatic rings. The van der Waals surface area contributed by atoms with Gasteiger partial charge in [-0.1, -0.05) is 42.5 Å². The standard InChI is InChI=1S/C18H20N2O/c19-18(21)16-8-4-5-14(11-16)12-20-10-9-17(13-20)15-6-2-1-3-7-15/h1-8,11,17H,9-10,12-13H2,(H2,19,21). The number of amides is 1. The molecule has 3 nitrogen and oxygen atoms in total. The molecule has 1 unspecified atom stereocenters. The third-order valence-corrected chi connectivity index (χ3v) is 4.16. The molecule has 0 aliphatic carbocycles. The van der Waals surface area contributed by atoms with Crippen LogP contribution in [-0.2, 0) is 6.54 Å². The third kappa shape index (κ3) is 3.31. The molecule has 1 aliphatic heterocycles. The summed E-state index contributed by atoms with van der Waals surface area (Å²) >= 11 is 0. The predicted octanol–water partition coefficient (Wildman–Crippen LogP) is 2.78. The molecule has 2 N–H and O–H groups in total. The Morgan fingerprint density at radius 2 is 1.95 bits per heavy atom. The number of hydrogen-bond donors (Lipinski definition) is 1. The largest absolute Gasteiger partial charge is 0.366 e. The maximum atomic E-state index is 11.2. The fraction of sp³-hybridized carbons (Fsp3) is 0.278. The van der Waals surface area contributed by atoms with Gasteiger partial charge in [0.2, 0.25) is 5.91 Å². The average Bonchev–Trinajstić information content (AvgIpc) is 2.97. The summed E-state index contributed by atoms with van der Waals surface area (Å²) in [5.41, 5.74) is 8.50. The van der Waals surface area contributed by atoms with E-state index >= 15 is 0 Å². The molecule has 0 radical (unpaired) electrons. The molecule has 3 heteroatoms. The minimum absolute atomic E-state index is 0.361. The lowest BCUT2D eigenvalue weighted by Gasteiger charge is -2.16. The van der Waals surface area contributed by atoms with Gasteiger partial charge >= 0.3 is 0 Å². The summed E-state index contributed by atoms with van der Waals surface area (Å²) in [5, 5.41) is 0.